The number of carbonyl (C=O) groups excluding carboxylic acids is 3. The first-order valence-electron chi connectivity index (χ1n) is 15.8. The summed E-state index contributed by atoms with van der Waals surface area (Å²) in [5, 5.41) is 13.0. The zero-order valence-corrected chi connectivity index (χ0v) is 27.0. The molecule has 0 fully saturated rings. The highest BCUT2D eigenvalue weighted by molar-refractivity contribution is 6.00. The number of anilines is 1. The Morgan fingerprint density at radius 2 is 1.85 bits per heavy atom. The van der Waals surface area contributed by atoms with E-state index in [1.165, 1.54) is 16.8 Å². The van der Waals surface area contributed by atoms with Crippen molar-refractivity contribution in [2.24, 2.45) is 5.92 Å². The summed E-state index contributed by atoms with van der Waals surface area (Å²) in [4.78, 5) is 42.3. The van der Waals surface area contributed by atoms with Gasteiger partial charge in [0.2, 0.25) is 11.8 Å². The first-order chi connectivity index (χ1) is 21.8. The van der Waals surface area contributed by atoms with Crippen molar-refractivity contribution in [3.8, 4) is 5.75 Å². The Kier molecular flexibility index (Phi) is 13.9. The van der Waals surface area contributed by atoms with Crippen LogP contribution in [0.4, 0.5) is 18.9 Å². The van der Waals surface area contributed by atoms with Crippen LogP contribution in [0.15, 0.2) is 48.5 Å². The largest absolute Gasteiger partial charge is 0.490 e. The molecule has 0 saturated carbocycles. The number of aliphatic hydroxyl groups is 1. The van der Waals surface area contributed by atoms with Crippen LogP contribution >= 0.6 is 0 Å². The Morgan fingerprint density at radius 1 is 1.13 bits per heavy atom. The van der Waals surface area contributed by atoms with Gasteiger partial charge in [-0.3, -0.25) is 14.4 Å². The maximum Gasteiger partial charge on any atom is 0.389 e. The van der Waals surface area contributed by atoms with Crippen LogP contribution in [0, 0.1) is 5.92 Å². The molecule has 0 aromatic heterocycles. The van der Waals surface area contributed by atoms with Crippen LogP contribution in [0.25, 0.3) is 0 Å². The molecule has 2 N–H and O–H groups in total. The standard InChI is InChI=1S/C34H46F3N3O6/c1-23-20-40(24(2)22-41)33(44)28-19-27(38-31(42)18-26-11-6-5-7-12-26)13-14-29(28)46-25(3)10-8-9-17-45-30(23)21-39(4)32(43)15-16-34(35,36)37/h5-7,11-14,19,23-25,30,41H,8-10,15-18,20-22H2,1-4H3,(H,38,42)/t23-,24-,25+,30+/m1/s1. The minimum Gasteiger partial charge on any atom is -0.490 e. The number of benzene rings is 2. The number of rotatable bonds is 9. The van der Waals surface area contributed by atoms with Crippen LogP contribution in [0.2, 0.25) is 0 Å². The SMILES string of the molecule is C[C@@H]1CN([C@H](C)CO)C(=O)c2cc(NC(=O)Cc3ccccc3)ccc2O[C@@H](C)CCCCO[C@H]1CN(C)C(=O)CCC(F)(F)F. The summed E-state index contributed by atoms with van der Waals surface area (Å²) in [5.74, 6) is -1.35. The Balaban J connectivity index is 1.89. The van der Waals surface area contributed by atoms with Crippen molar-refractivity contribution in [1.29, 1.82) is 0 Å². The summed E-state index contributed by atoms with van der Waals surface area (Å²) >= 11 is 0. The lowest BCUT2D eigenvalue weighted by molar-refractivity contribution is -0.149. The van der Waals surface area contributed by atoms with Gasteiger partial charge in [0.15, 0.2) is 0 Å². The molecule has 0 aliphatic carbocycles. The molecule has 0 bridgehead atoms. The van der Waals surface area contributed by atoms with E-state index in [0.717, 1.165) is 12.0 Å². The van der Waals surface area contributed by atoms with Crippen LogP contribution in [-0.2, 0) is 20.7 Å². The first-order valence-corrected chi connectivity index (χ1v) is 15.8. The summed E-state index contributed by atoms with van der Waals surface area (Å²) in [7, 11) is 1.45. The van der Waals surface area contributed by atoms with E-state index in [-0.39, 0.29) is 49.6 Å². The Hall–Kier alpha value is -3.64. The molecule has 3 rings (SSSR count). The Morgan fingerprint density at radius 3 is 2.52 bits per heavy atom. The molecule has 1 heterocycles. The number of hydrogen-bond acceptors (Lipinski definition) is 6. The Bertz CT molecular complexity index is 1290. The highest BCUT2D eigenvalue weighted by Gasteiger charge is 2.32. The number of hydrogen-bond donors (Lipinski definition) is 2. The molecular weight excluding hydrogens is 603 g/mol. The average Bonchev–Trinajstić information content (AvgIpc) is 3.01. The lowest BCUT2D eigenvalue weighted by Gasteiger charge is -2.36. The number of halogens is 3. The summed E-state index contributed by atoms with van der Waals surface area (Å²) < 4.78 is 50.6. The number of aliphatic hydroxyl groups excluding tert-OH is 1. The van der Waals surface area contributed by atoms with E-state index in [1.54, 1.807) is 25.1 Å². The molecule has 2 aromatic carbocycles. The van der Waals surface area contributed by atoms with Gasteiger partial charge in [-0.1, -0.05) is 37.3 Å². The maximum absolute atomic E-state index is 14.2. The minimum atomic E-state index is -4.44. The number of ether oxygens (including phenoxy) is 2. The average molecular weight is 650 g/mol. The van der Waals surface area contributed by atoms with Crippen molar-refractivity contribution >= 4 is 23.4 Å². The quantitative estimate of drug-likeness (QED) is 0.374. The molecule has 46 heavy (non-hydrogen) atoms. The van der Waals surface area contributed by atoms with Crippen LogP contribution in [-0.4, -0.2) is 90.4 Å². The molecule has 9 nitrogen and oxygen atoms in total. The monoisotopic (exact) mass is 649 g/mol. The molecule has 4 atom stereocenters. The van der Waals surface area contributed by atoms with Crippen molar-refractivity contribution in [3.63, 3.8) is 0 Å². The fraction of sp³-hybridized carbons (Fsp3) is 0.559. The molecule has 0 spiro atoms. The van der Waals surface area contributed by atoms with E-state index in [2.05, 4.69) is 5.32 Å². The van der Waals surface area contributed by atoms with E-state index in [1.807, 2.05) is 44.2 Å². The van der Waals surface area contributed by atoms with Crippen LogP contribution in [0.1, 0.15) is 68.8 Å². The summed E-state index contributed by atoms with van der Waals surface area (Å²) in [5.41, 5.74) is 1.47. The molecular formula is C34H46F3N3O6. The highest BCUT2D eigenvalue weighted by atomic mass is 19.4. The van der Waals surface area contributed by atoms with Gasteiger partial charge in [-0.15, -0.1) is 0 Å². The van der Waals surface area contributed by atoms with Crippen molar-refractivity contribution < 1.29 is 42.1 Å². The molecule has 0 unspecified atom stereocenters. The van der Waals surface area contributed by atoms with E-state index in [9.17, 15) is 32.7 Å². The van der Waals surface area contributed by atoms with Crippen molar-refractivity contribution in [2.75, 3.05) is 38.7 Å². The van der Waals surface area contributed by atoms with Gasteiger partial charge in [0, 0.05) is 44.8 Å². The number of alkyl halides is 3. The summed E-state index contributed by atoms with van der Waals surface area (Å²) in [6.45, 7) is 5.63. The smallest absolute Gasteiger partial charge is 0.389 e. The minimum absolute atomic E-state index is 0.0427. The van der Waals surface area contributed by atoms with Gasteiger partial charge in [-0.2, -0.15) is 13.2 Å². The van der Waals surface area contributed by atoms with E-state index < -0.39 is 43.0 Å². The summed E-state index contributed by atoms with van der Waals surface area (Å²) in [6.07, 6.45) is -4.87. The zero-order chi connectivity index (χ0) is 33.9. The third-order valence-corrected chi connectivity index (χ3v) is 8.04. The number of nitrogens with one attached hydrogen (secondary N) is 1. The molecule has 3 amide bonds. The van der Waals surface area contributed by atoms with Gasteiger partial charge in [0.25, 0.3) is 5.91 Å². The van der Waals surface area contributed by atoms with Gasteiger partial charge in [0.1, 0.15) is 5.75 Å². The predicted octanol–water partition coefficient (Wildman–Crippen LogP) is 5.46. The fourth-order valence-electron chi connectivity index (χ4n) is 5.26. The van der Waals surface area contributed by atoms with Crippen molar-refractivity contribution in [1.82, 2.24) is 9.80 Å². The van der Waals surface area contributed by atoms with Gasteiger partial charge in [-0.05, 0) is 56.9 Å². The molecule has 2 aromatic rings. The number of nitrogens with zero attached hydrogens (tertiary/aromatic N) is 2. The van der Waals surface area contributed by atoms with E-state index in [4.69, 9.17) is 9.47 Å². The normalized spacial score (nSPS) is 20.6. The second-order valence-corrected chi connectivity index (χ2v) is 12.1. The van der Waals surface area contributed by atoms with Crippen molar-refractivity contribution in [2.45, 2.75) is 83.7 Å². The zero-order valence-electron chi connectivity index (χ0n) is 27.0. The number of likely N-dealkylation sites (N-methyl/N-ethyl adjacent to an activating group) is 1. The molecule has 0 radical (unpaired) electrons. The third kappa shape index (κ3) is 11.6. The molecule has 1 aliphatic rings. The molecule has 1 aliphatic heterocycles. The van der Waals surface area contributed by atoms with Crippen LogP contribution < -0.4 is 10.1 Å². The van der Waals surface area contributed by atoms with Crippen molar-refractivity contribution in [3.05, 3.63) is 59.7 Å². The van der Waals surface area contributed by atoms with Gasteiger partial charge in [-0.25, -0.2) is 0 Å². The fourth-order valence-corrected chi connectivity index (χ4v) is 5.26. The van der Waals surface area contributed by atoms with E-state index in [0.29, 0.717) is 30.9 Å². The third-order valence-electron chi connectivity index (χ3n) is 8.04. The molecule has 12 heteroatoms. The first kappa shape index (κ1) is 36.8. The lowest BCUT2D eigenvalue weighted by atomic mass is 10.0. The number of amides is 3. The summed E-state index contributed by atoms with van der Waals surface area (Å²) in [6, 6.07) is 13.6. The highest BCUT2D eigenvalue weighted by Crippen LogP contribution is 2.29. The Labute approximate surface area is 269 Å². The second kappa shape index (κ2) is 17.3. The predicted molar refractivity (Wildman–Crippen MR) is 169 cm³/mol. The van der Waals surface area contributed by atoms with Crippen LogP contribution in [0.5, 0.6) is 5.75 Å². The van der Waals surface area contributed by atoms with E-state index >= 15 is 0 Å². The molecule has 0 saturated heterocycles. The molecule has 254 valence electrons. The lowest BCUT2D eigenvalue weighted by Crippen LogP contribution is -2.48. The number of fused-ring (bicyclic) bond motifs is 1. The maximum atomic E-state index is 14.2. The van der Waals surface area contributed by atoms with Gasteiger partial charge >= 0.3 is 6.18 Å². The second-order valence-electron chi connectivity index (χ2n) is 12.1. The van der Waals surface area contributed by atoms with Crippen LogP contribution in [0.3, 0.4) is 0 Å². The van der Waals surface area contributed by atoms with Gasteiger partial charge < -0.3 is 29.7 Å². The topological polar surface area (TPSA) is 108 Å². The number of carbonyl (C=O) groups is 3. The van der Waals surface area contributed by atoms with Gasteiger partial charge in [0.05, 0.1) is 43.3 Å².